The standard InChI is InChI=1S/C26H33ClN2O2S/c1-2-24(26(31)28-23-10-6-7-11-23)29(17-16-20-8-4-3-5-9-20)25(30)19-32-18-21-12-14-22(27)15-13-21/h3-5,8-9,12-15,23-24H,2,6-7,10-11,16-19H2,1H3,(H,28,31)/t24-/m0/s1. The normalized spacial score (nSPS) is 14.8. The predicted octanol–water partition coefficient (Wildman–Crippen LogP) is 5.48. The van der Waals surface area contributed by atoms with Crippen LogP contribution in [0.1, 0.15) is 50.2 Å². The summed E-state index contributed by atoms with van der Waals surface area (Å²) < 4.78 is 0. The molecule has 2 aromatic rings. The molecular formula is C26H33ClN2O2S. The lowest BCUT2D eigenvalue weighted by atomic mass is 10.1. The Balaban J connectivity index is 1.63. The van der Waals surface area contributed by atoms with Crippen LogP contribution in [-0.2, 0) is 21.8 Å². The highest BCUT2D eigenvalue weighted by Gasteiger charge is 2.30. The van der Waals surface area contributed by atoms with Crippen molar-refractivity contribution in [3.05, 3.63) is 70.7 Å². The smallest absolute Gasteiger partial charge is 0.243 e. The first-order chi connectivity index (χ1) is 15.6. The first-order valence-corrected chi connectivity index (χ1v) is 13.1. The molecule has 4 nitrogen and oxygen atoms in total. The zero-order chi connectivity index (χ0) is 22.8. The van der Waals surface area contributed by atoms with Gasteiger partial charge >= 0.3 is 0 Å². The Hall–Kier alpha value is -1.98. The summed E-state index contributed by atoms with van der Waals surface area (Å²) >= 11 is 7.54. The number of carbonyl (C=O) groups excluding carboxylic acids is 2. The minimum Gasteiger partial charge on any atom is -0.352 e. The second-order valence-corrected chi connectivity index (χ2v) is 9.78. The van der Waals surface area contributed by atoms with Crippen LogP contribution in [-0.4, -0.2) is 41.1 Å². The lowest BCUT2D eigenvalue weighted by molar-refractivity contribution is -0.139. The van der Waals surface area contributed by atoms with E-state index < -0.39 is 6.04 Å². The fraction of sp³-hybridized carbons (Fsp3) is 0.462. The highest BCUT2D eigenvalue weighted by molar-refractivity contribution is 7.99. The molecule has 2 aromatic carbocycles. The van der Waals surface area contributed by atoms with Gasteiger partial charge in [0.1, 0.15) is 6.04 Å². The zero-order valence-electron chi connectivity index (χ0n) is 18.8. The summed E-state index contributed by atoms with van der Waals surface area (Å²) in [5.41, 5.74) is 2.30. The van der Waals surface area contributed by atoms with Crippen molar-refractivity contribution >= 4 is 35.2 Å². The fourth-order valence-corrected chi connectivity index (χ4v) is 5.18. The molecule has 0 radical (unpaired) electrons. The number of hydrogen-bond acceptors (Lipinski definition) is 3. The van der Waals surface area contributed by atoms with Gasteiger partial charge in [-0.25, -0.2) is 0 Å². The number of hydrogen-bond donors (Lipinski definition) is 1. The van der Waals surface area contributed by atoms with Crippen LogP contribution < -0.4 is 5.32 Å². The number of carbonyl (C=O) groups is 2. The molecule has 0 spiro atoms. The van der Waals surface area contributed by atoms with Crippen molar-refractivity contribution in [2.75, 3.05) is 12.3 Å². The summed E-state index contributed by atoms with van der Waals surface area (Å²) in [7, 11) is 0. The van der Waals surface area contributed by atoms with Crippen LogP contribution in [0.25, 0.3) is 0 Å². The van der Waals surface area contributed by atoms with Crippen LogP contribution in [0.5, 0.6) is 0 Å². The van der Waals surface area contributed by atoms with Gasteiger partial charge in [-0.2, -0.15) is 0 Å². The zero-order valence-corrected chi connectivity index (χ0v) is 20.3. The van der Waals surface area contributed by atoms with Crippen LogP contribution in [0, 0.1) is 0 Å². The Bertz CT molecular complexity index is 854. The highest BCUT2D eigenvalue weighted by atomic mass is 35.5. The molecule has 172 valence electrons. The Morgan fingerprint density at radius 2 is 1.75 bits per heavy atom. The Morgan fingerprint density at radius 3 is 2.41 bits per heavy atom. The van der Waals surface area contributed by atoms with Gasteiger partial charge in [0.25, 0.3) is 0 Å². The van der Waals surface area contributed by atoms with E-state index in [2.05, 4.69) is 17.4 Å². The maximum Gasteiger partial charge on any atom is 0.243 e. The van der Waals surface area contributed by atoms with Gasteiger partial charge in [0, 0.05) is 23.4 Å². The topological polar surface area (TPSA) is 49.4 Å². The number of amides is 2. The van der Waals surface area contributed by atoms with E-state index in [9.17, 15) is 9.59 Å². The third-order valence-corrected chi connectivity index (χ3v) is 7.22. The molecule has 32 heavy (non-hydrogen) atoms. The lowest BCUT2D eigenvalue weighted by Gasteiger charge is -2.31. The number of nitrogens with zero attached hydrogens (tertiary/aromatic N) is 1. The summed E-state index contributed by atoms with van der Waals surface area (Å²) in [6.45, 7) is 2.53. The monoisotopic (exact) mass is 472 g/mol. The fourth-order valence-electron chi connectivity index (χ4n) is 4.18. The summed E-state index contributed by atoms with van der Waals surface area (Å²) in [6.07, 6.45) is 5.76. The molecule has 0 bridgehead atoms. The van der Waals surface area contributed by atoms with Gasteiger partial charge in [0.05, 0.1) is 5.75 Å². The van der Waals surface area contributed by atoms with E-state index in [1.807, 2.05) is 49.4 Å². The Kier molecular flexibility index (Phi) is 9.94. The first kappa shape index (κ1) is 24.7. The molecular weight excluding hydrogens is 440 g/mol. The van der Waals surface area contributed by atoms with Gasteiger partial charge in [-0.1, -0.05) is 73.8 Å². The Labute approximate surface area is 201 Å². The van der Waals surface area contributed by atoms with Crippen molar-refractivity contribution in [3.63, 3.8) is 0 Å². The Morgan fingerprint density at radius 1 is 1.06 bits per heavy atom. The summed E-state index contributed by atoms with van der Waals surface area (Å²) in [6, 6.07) is 17.7. The number of thioether (sulfide) groups is 1. The van der Waals surface area contributed by atoms with Crippen LogP contribution in [0.4, 0.5) is 0 Å². The average molecular weight is 473 g/mol. The van der Waals surface area contributed by atoms with Crippen molar-refractivity contribution in [1.29, 1.82) is 0 Å². The maximum atomic E-state index is 13.3. The van der Waals surface area contributed by atoms with Gasteiger partial charge in [-0.15, -0.1) is 11.8 Å². The molecule has 0 saturated heterocycles. The minimum atomic E-state index is -0.428. The second-order valence-electron chi connectivity index (χ2n) is 8.36. The SMILES string of the molecule is CC[C@@H](C(=O)NC1CCCC1)N(CCc1ccccc1)C(=O)CSCc1ccc(Cl)cc1. The van der Waals surface area contributed by atoms with Gasteiger partial charge in [-0.05, 0) is 48.9 Å². The van der Waals surface area contributed by atoms with E-state index in [1.165, 1.54) is 18.4 Å². The molecule has 0 aromatic heterocycles. The van der Waals surface area contributed by atoms with E-state index in [-0.39, 0.29) is 17.9 Å². The van der Waals surface area contributed by atoms with E-state index in [0.29, 0.717) is 23.7 Å². The molecule has 0 unspecified atom stereocenters. The van der Waals surface area contributed by atoms with Crippen LogP contribution >= 0.6 is 23.4 Å². The molecule has 1 aliphatic carbocycles. The molecule has 1 aliphatic rings. The number of rotatable bonds is 11. The van der Waals surface area contributed by atoms with Crippen molar-refractivity contribution in [2.45, 2.75) is 63.3 Å². The summed E-state index contributed by atoms with van der Waals surface area (Å²) in [5.74, 6) is 1.10. The van der Waals surface area contributed by atoms with Crippen molar-refractivity contribution in [2.24, 2.45) is 0 Å². The molecule has 1 atom stereocenters. The van der Waals surface area contributed by atoms with Gasteiger partial charge in [0.15, 0.2) is 0 Å². The third kappa shape index (κ3) is 7.56. The molecule has 2 amide bonds. The third-order valence-electron chi connectivity index (χ3n) is 5.98. The number of benzene rings is 2. The van der Waals surface area contributed by atoms with Gasteiger partial charge in [0.2, 0.25) is 11.8 Å². The van der Waals surface area contributed by atoms with Crippen LogP contribution in [0.3, 0.4) is 0 Å². The van der Waals surface area contributed by atoms with Gasteiger partial charge < -0.3 is 10.2 Å². The molecule has 1 fully saturated rings. The molecule has 6 heteroatoms. The quantitative estimate of drug-likeness (QED) is 0.471. The summed E-state index contributed by atoms with van der Waals surface area (Å²) in [4.78, 5) is 28.1. The average Bonchev–Trinajstić information content (AvgIpc) is 3.31. The highest BCUT2D eigenvalue weighted by Crippen LogP contribution is 2.20. The lowest BCUT2D eigenvalue weighted by Crippen LogP contribution is -2.52. The molecule has 1 N–H and O–H groups in total. The molecule has 0 aliphatic heterocycles. The van der Waals surface area contributed by atoms with E-state index in [1.54, 1.807) is 16.7 Å². The largest absolute Gasteiger partial charge is 0.352 e. The van der Waals surface area contributed by atoms with Gasteiger partial charge in [-0.3, -0.25) is 9.59 Å². The number of nitrogens with one attached hydrogen (secondary N) is 1. The van der Waals surface area contributed by atoms with Crippen molar-refractivity contribution in [3.8, 4) is 0 Å². The van der Waals surface area contributed by atoms with E-state index in [4.69, 9.17) is 11.6 Å². The minimum absolute atomic E-state index is 0.0106. The first-order valence-electron chi connectivity index (χ1n) is 11.5. The van der Waals surface area contributed by atoms with Crippen LogP contribution in [0.15, 0.2) is 54.6 Å². The van der Waals surface area contributed by atoms with Crippen LogP contribution in [0.2, 0.25) is 5.02 Å². The predicted molar refractivity (Wildman–Crippen MR) is 134 cm³/mol. The van der Waals surface area contributed by atoms with E-state index >= 15 is 0 Å². The summed E-state index contributed by atoms with van der Waals surface area (Å²) in [5, 5.41) is 3.91. The molecule has 0 heterocycles. The van der Waals surface area contributed by atoms with E-state index in [0.717, 1.165) is 30.6 Å². The van der Waals surface area contributed by atoms with Crippen molar-refractivity contribution in [1.82, 2.24) is 10.2 Å². The maximum absolute atomic E-state index is 13.3. The number of halogens is 1. The molecule has 3 rings (SSSR count). The van der Waals surface area contributed by atoms with Crippen molar-refractivity contribution < 1.29 is 9.59 Å². The molecule has 1 saturated carbocycles. The second kappa shape index (κ2) is 12.9.